The molecule has 0 spiro atoms. The summed E-state index contributed by atoms with van der Waals surface area (Å²) >= 11 is -4.28. The van der Waals surface area contributed by atoms with Gasteiger partial charge in [0.25, 0.3) is 0 Å². The van der Waals surface area contributed by atoms with Crippen LogP contribution in [0.15, 0.2) is 0 Å². The quantitative estimate of drug-likeness (QED) is 0.140. The second-order valence-electron chi connectivity index (χ2n) is 9.90. The SMILES string of the molecule is CCC[Si](CCC)(CCC)[O][Zr]([O]C(C)C)([O]C(C)C)[O][Si](CCC)(CCC)CCC. The van der Waals surface area contributed by atoms with Crippen LogP contribution in [0, 0.1) is 0 Å². The normalized spacial score (nSPS) is 13.5. The minimum absolute atomic E-state index is 0.0581. The van der Waals surface area contributed by atoms with E-state index in [0.29, 0.717) is 0 Å². The summed E-state index contributed by atoms with van der Waals surface area (Å²) in [5.41, 5.74) is 0. The molecular weight excluding hydrogens is 500 g/mol. The second kappa shape index (κ2) is 16.7. The summed E-state index contributed by atoms with van der Waals surface area (Å²) in [5.74, 6) is 0. The maximum absolute atomic E-state index is 7.38. The number of rotatable bonds is 20. The molecule has 0 aromatic carbocycles. The van der Waals surface area contributed by atoms with Crippen molar-refractivity contribution in [3.63, 3.8) is 0 Å². The van der Waals surface area contributed by atoms with Crippen molar-refractivity contribution in [3.8, 4) is 0 Å². The molecule has 0 saturated heterocycles. The molecule has 0 rings (SSSR count). The monoisotopic (exact) mass is 554 g/mol. The van der Waals surface area contributed by atoms with Crippen molar-refractivity contribution in [1.29, 1.82) is 0 Å². The molecule has 188 valence electrons. The fraction of sp³-hybridized carbons (Fsp3) is 1.00. The molecule has 7 heteroatoms. The summed E-state index contributed by atoms with van der Waals surface area (Å²) in [7, 11) is -3.99. The average Bonchev–Trinajstić information content (AvgIpc) is 2.61. The summed E-state index contributed by atoms with van der Waals surface area (Å²) in [4.78, 5) is 0. The Bertz CT molecular complexity index is 375. The molecule has 0 aromatic rings. The van der Waals surface area contributed by atoms with E-state index in [9.17, 15) is 0 Å². The first-order chi connectivity index (χ1) is 14.6. The standard InChI is InChI=1S/2C9H21OSi.2C3H7O.Zr/c2*1-4-7-11(10,8-5-2)9-6-3;2*1-3(2)4;/h2*4-9H2,1-3H3;2*3H,1-2H3;/q4*-1;+4. The Kier molecular flexibility index (Phi) is 17.4. The molecule has 0 aromatic heterocycles. The van der Waals surface area contributed by atoms with E-state index in [2.05, 4.69) is 69.2 Å². The molecule has 0 atom stereocenters. The summed E-state index contributed by atoms with van der Waals surface area (Å²) < 4.78 is 28.3. The van der Waals surface area contributed by atoms with Crippen molar-refractivity contribution < 1.29 is 32.7 Å². The molecule has 4 nitrogen and oxygen atoms in total. The van der Waals surface area contributed by atoms with Gasteiger partial charge in [0.05, 0.1) is 0 Å². The van der Waals surface area contributed by atoms with Gasteiger partial charge in [0.15, 0.2) is 0 Å². The first kappa shape index (κ1) is 32.2. The van der Waals surface area contributed by atoms with E-state index in [4.69, 9.17) is 10.6 Å². The molecule has 0 fully saturated rings. The van der Waals surface area contributed by atoms with E-state index >= 15 is 0 Å². The Balaban J connectivity index is 6.49. The molecule has 0 radical (unpaired) electrons. The Morgan fingerprint density at radius 3 is 0.871 bits per heavy atom. The molecule has 0 bridgehead atoms. The fourth-order valence-electron chi connectivity index (χ4n) is 5.04. The van der Waals surface area contributed by atoms with Gasteiger partial charge < -0.3 is 0 Å². The van der Waals surface area contributed by atoms with Crippen molar-refractivity contribution >= 4 is 16.6 Å². The van der Waals surface area contributed by atoms with Crippen LogP contribution in [0.2, 0.25) is 36.3 Å². The van der Waals surface area contributed by atoms with Gasteiger partial charge in [0.1, 0.15) is 0 Å². The van der Waals surface area contributed by atoms with Gasteiger partial charge in [-0.2, -0.15) is 0 Å². The third-order valence-corrected chi connectivity index (χ3v) is 29.3. The first-order valence-corrected chi connectivity index (χ1v) is 22.4. The maximum atomic E-state index is 7.38. The van der Waals surface area contributed by atoms with Gasteiger partial charge in [-0.1, -0.05) is 0 Å². The molecule has 0 heterocycles. The molecule has 0 amide bonds. The van der Waals surface area contributed by atoms with Gasteiger partial charge in [0, 0.05) is 0 Å². The summed E-state index contributed by atoms with van der Waals surface area (Å²) in [5, 5.41) is 0. The van der Waals surface area contributed by atoms with Crippen molar-refractivity contribution in [3.05, 3.63) is 0 Å². The van der Waals surface area contributed by atoms with Crippen LogP contribution in [0.1, 0.15) is 108 Å². The molecule has 0 unspecified atom stereocenters. The van der Waals surface area contributed by atoms with E-state index < -0.39 is 38.7 Å². The van der Waals surface area contributed by atoms with Gasteiger partial charge in [-0.15, -0.1) is 0 Å². The molecule has 0 aliphatic rings. The number of hydrogen-bond acceptors (Lipinski definition) is 4. The van der Waals surface area contributed by atoms with Crippen molar-refractivity contribution in [1.82, 2.24) is 0 Å². The molecule has 0 saturated carbocycles. The van der Waals surface area contributed by atoms with Crippen LogP contribution in [-0.4, -0.2) is 28.8 Å². The van der Waals surface area contributed by atoms with Crippen LogP contribution in [-0.2, 0) is 32.7 Å². The third-order valence-electron chi connectivity index (χ3n) is 5.68. The van der Waals surface area contributed by atoms with Crippen LogP contribution < -0.4 is 0 Å². The summed E-state index contributed by atoms with van der Waals surface area (Å²) in [6.45, 7) is 22.3. The predicted molar refractivity (Wildman–Crippen MR) is 137 cm³/mol. The van der Waals surface area contributed by atoms with Gasteiger partial charge in [-0.05, 0) is 0 Å². The van der Waals surface area contributed by atoms with Crippen LogP contribution in [0.5, 0.6) is 0 Å². The van der Waals surface area contributed by atoms with Crippen molar-refractivity contribution in [2.45, 2.75) is 156 Å². The van der Waals surface area contributed by atoms with E-state index in [-0.39, 0.29) is 12.2 Å². The topological polar surface area (TPSA) is 36.9 Å². The Morgan fingerprint density at radius 2 is 0.710 bits per heavy atom. The summed E-state index contributed by atoms with van der Waals surface area (Å²) in [6.07, 6.45) is 7.11. The van der Waals surface area contributed by atoms with Gasteiger partial charge in [0.2, 0.25) is 0 Å². The predicted octanol–water partition coefficient (Wildman–Crippen LogP) is 9.03. The van der Waals surface area contributed by atoms with Crippen molar-refractivity contribution in [2.24, 2.45) is 0 Å². The first-order valence-electron chi connectivity index (χ1n) is 13.4. The fourth-order valence-corrected chi connectivity index (χ4v) is 31.7. The molecular formula is C24H56O4Si2Zr. The van der Waals surface area contributed by atoms with Gasteiger partial charge in [-0.3, -0.25) is 0 Å². The van der Waals surface area contributed by atoms with E-state index in [1.165, 1.54) is 74.8 Å². The van der Waals surface area contributed by atoms with Gasteiger partial charge in [-0.25, -0.2) is 0 Å². The van der Waals surface area contributed by atoms with E-state index in [1.807, 2.05) is 0 Å². The number of hydrogen-bond donors (Lipinski definition) is 0. The molecule has 0 N–H and O–H groups in total. The molecule has 0 aliphatic heterocycles. The van der Waals surface area contributed by atoms with Crippen LogP contribution in [0.25, 0.3) is 0 Å². The zero-order valence-electron chi connectivity index (χ0n) is 22.8. The van der Waals surface area contributed by atoms with Crippen LogP contribution >= 0.6 is 0 Å². The molecule has 0 aliphatic carbocycles. The summed E-state index contributed by atoms with van der Waals surface area (Å²) in [6, 6.07) is 7.10. The van der Waals surface area contributed by atoms with E-state index in [0.717, 1.165) is 0 Å². The van der Waals surface area contributed by atoms with Crippen LogP contribution in [0.3, 0.4) is 0 Å². The third kappa shape index (κ3) is 11.9. The minimum atomic E-state index is -4.28. The van der Waals surface area contributed by atoms with E-state index in [1.54, 1.807) is 0 Å². The average molecular weight is 556 g/mol. The second-order valence-corrected chi connectivity index (χ2v) is 24.7. The van der Waals surface area contributed by atoms with Gasteiger partial charge >= 0.3 is 206 Å². The Labute approximate surface area is 204 Å². The Hall–Kier alpha value is 1.16. The van der Waals surface area contributed by atoms with Crippen molar-refractivity contribution in [2.75, 3.05) is 0 Å². The molecule has 31 heavy (non-hydrogen) atoms. The zero-order valence-corrected chi connectivity index (χ0v) is 27.2. The Morgan fingerprint density at radius 1 is 0.484 bits per heavy atom. The zero-order chi connectivity index (χ0) is 24.0. The van der Waals surface area contributed by atoms with Crippen LogP contribution in [0.4, 0.5) is 0 Å².